The number of thiophene rings is 2. The Bertz CT molecular complexity index is 576. The molecule has 0 radical (unpaired) electrons. The molecule has 0 aliphatic heterocycles. The Balaban J connectivity index is 2.22. The number of carbonyl (C=O) groups is 2. The summed E-state index contributed by atoms with van der Waals surface area (Å²) in [6.07, 6.45) is 0. The van der Waals surface area contributed by atoms with E-state index in [0.29, 0.717) is 14.4 Å². The van der Waals surface area contributed by atoms with Crippen molar-refractivity contribution in [2.24, 2.45) is 0 Å². The number of halogens is 1. The number of amides is 1. The van der Waals surface area contributed by atoms with Crippen LogP contribution in [0.15, 0.2) is 27.4 Å². The SMILES string of the molecule is O=C(O)c1ccsc1NC(=O)c1sccc1Br. The number of nitrogens with one attached hydrogen (secondary N) is 1. The quantitative estimate of drug-likeness (QED) is 0.904. The minimum absolute atomic E-state index is 0.107. The Morgan fingerprint density at radius 3 is 2.53 bits per heavy atom. The van der Waals surface area contributed by atoms with Crippen molar-refractivity contribution in [2.75, 3.05) is 5.32 Å². The lowest BCUT2D eigenvalue weighted by molar-refractivity contribution is 0.0698. The van der Waals surface area contributed by atoms with Crippen LogP contribution in [0.1, 0.15) is 20.0 Å². The predicted molar refractivity (Wildman–Crippen MR) is 71.3 cm³/mol. The molecule has 2 heterocycles. The Labute approximate surface area is 113 Å². The summed E-state index contributed by atoms with van der Waals surface area (Å²) in [5.74, 6) is -1.36. The van der Waals surface area contributed by atoms with Crippen LogP contribution in [0.2, 0.25) is 0 Å². The summed E-state index contributed by atoms with van der Waals surface area (Å²) < 4.78 is 0.702. The van der Waals surface area contributed by atoms with Gasteiger partial charge in [-0.3, -0.25) is 4.79 Å². The number of carbonyl (C=O) groups excluding carboxylic acids is 1. The van der Waals surface area contributed by atoms with Gasteiger partial charge in [0.15, 0.2) is 0 Å². The molecule has 0 aliphatic rings. The van der Waals surface area contributed by atoms with Gasteiger partial charge in [0.25, 0.3) is 5.91 Å². The van der Waals surface area contributed by atoms with E-state index in [1.165, 1.54) is 28.7 Å². The standard InChI is InChI=1S/C10H6BrNO3S2/c11-6-2-4-16-7(6)8(13)12-9-5(10(14)15)1-3-17-9/h1-4H,(H,12,13)(H,14,15). The molecule has 2 N–H and O–H groups in total. The Hall–Kier alpha value is -1.18. The van der Waals surface area contributed by atoms with Crippen molar-refractivity contribution >= 4 is 55.5 Å². The molecule has 0 aromatic carbocycles. The molecule has 2 rings (SSSR count). The highest BCUT2D eigenvalue weighted by atomic mass is 79.9. The zero-order valence-electron chi connectivity index (χ0n) is 8.27. The number of carboxylic acid groups (broad SMARTS) is 1. The van der Waals surface area contributed by atoms with Crippen LogP contribution in [-0.2, 0) is 0 Å². The van der Waals surface area contributed by atoms with E-state index < -0.39 is 5.97 Å². The largest absolute Gasteiger partial charge is 0.478 e. The summed E-state index contributed by atoms with van der Waals surface area (Å²) in [6.45, 7) is 0. The second-order valence-corrected chi connectivity index (χ2v) is 5.71. The molecule has 88 valence electrons. The van der Waals surface area contributed by atoms with E-state index in [-0.39, 0.29) is 11.5 Å². The molecular formula is C10H6BrNO3S2. The van der Waals surface area contributed by atoms with E-state index in [1.54, 1.807) is 16.8 Å². The molecule has 17 heavy (non-hydrogen) atoms. The highest BCUT2D eigenvalue weighted by Crippen LogP contribution is 2.27. The van der Waals surface area contributed by atoms with Crippen LogP contribution in [0.4, 0.5) is 5.00 Å². The highest BCUT2D eigenvalue weighted by Gasteiger charge is 2.17. The third-order valence-corrected chi connectivity index (χ3v) is 4.61. The van der Waals surface area contributed by atoms with Crippen LogP contribution in [-0.4, -0.2) is 17.0 Å². The van der Waals surface area contributed by atoms with E-state index in [9.17, 15) is 9.59 Å². The van der Waals surface area contributed by atoms with Crippen molar-refractivity contribution in [3.05, 3.63) is 37.8 Å². The molecule has 1 amide bonds. The summed E-state index contributed by atoms with van der Waals surface area (Å²) in [5.41, 5.74) is 0.107. The third-order valence-electron chi connectivity index (χ3n) is 1.95. The van der Waals surface area contributed by atoms with Gasteiger partial charge in [-0.2, -0.15) is 0 Å². The van der Waals surface area contributed by atoms with Crippen molar-refractivity contribution in [1.29, 1.82) is 0 Å². The zero-order valence-corrected chi connectivity index (χ0v) is 11.5. The minimum Gasteiger partial charge on any atom is -0.478 e. The van der Waals surface area contributed by atoms with Gasteiger partial charge >= 0.3 is 5.97 Å². The van der Waals surface area contributed by atoms with Gasteiger partial charge in [0.1, 0.15) is 9.88 Å². The molecule has 2 aromatic rings. The predicted octanol–water partition coefficient (Wildman–Crippen LogP) is 3.52. The first kappa shape index (κ1) is 12.3. The summed E-state index contributed by atoms with van der Waals surface area (Å²) in [5, 5.41) is 15.3. The number of anilines is 1. The van der Waals surface area contributed by atoms with Gasteiger partial charge in [-0.15, -0.1) is 22.7 Å². The lowest BCUT2D eigenvalue weighted by atomic mass is 10.3. The number of hydrogen-bond acceptors (Lipinski definition) is 4. The normalized spacial score (nSPS) is 10.2. The second kappa shape index (κ2) is 4.99. The first-order valence-electron chi connectivity index (χ1n) is 4.44. The summed E-state index contributed by atoms with van der Waals surface area (Å²) in [7, 11) is 0. The van der Waals surface area contributed by atoms with Gasteiger partial charge in [-0.25, -0.2) is 4.79 Å². The number of hydrogen-bond donors (Lipinski definition) is 2. The van der Waals surface area contributed by atoms with Crippen molar-refractivity contribution in [1.82, 2.24) is 0 Å². The fourth-order valence-corrected chi connectivity index (χ4v) is 3.41. The number of carboxylic acids is 1. The van der Waals surface area contributed by atoms with Gasteiger partial charge in [-0.1, -0.05) is 0 Å². The Morgan fingerprint density at radius 2 is 1.94 bits per heavy atom. The highest BCUT2D eigenvalue weighted by molar-refractivity contribution is 9.10. The van der Waals surface area contributed by atoms with Crippen molar-refractivity contribution in [3.8, 4) is 0 Å². The van der Waals surface area contributed by atoms with Crippen molar-refractivity contribution < 1.29 is 14.7 Å². The fraction of sp³-hybridized carbons (Fsp3) is 0. The van der Waals surface area contributed by atoms with E-state index in [4.69, 9.17) is 5.11 Å². The molecule has 2 aromatic heterocycles. The topological polar surface area (TPSA) is 66.4 Å². The van der Waals surface area contributed by atoms with Gasteiger partial charge < -0.3 is 10.4 Å². The van der Waals surface area contributed by atoms with Crippen LogP contribution in [0.25, 0.3) is 0 Å². The van der Waals surface area contributed by atoms with Crippen LogP contribution >= 0.6 is 38.6 Å². The van der Waals surface area contributed by atoms with Crippen molar-refractivity contribution in [3.63, 3.8) is 0 Å². The first-order chi connectivity index (χ1) is 8.09. The average Bonchev–Trinajstić information content (AvgIpc) is 2.86. The average molecular weight is 332 g/mol. The number of rotatable bonds is 3. The van der Waals surface area contributed by atoms with E-state index >= 15 is 0 Å². The van der Waals surface area contributed by atoms with Gasteiger partial charge in [-0.05, 0) is 38.8 Å². The molecule has 0 aliphatic carbocycles. The second-order valence-electron chi connectivity index (χ2n) is 3.02. The maximum absolute atomic E-state index is 11.9. The smallest absolute Gasteiger partial charge is 0.338 e. The van der Waals surface area contributed by atoms with E-state index in [1.807, 2.05) is 0 Å². The minimum atomic E-state index is -1.05. The molecule has 0 unspecified atom stereocenters. The summed E-state index contributed by atoms with van der Waals surface area (Å²) in [6, 6.07) is 3.23. The molecule has 0 saturated carbocycles. The monoisotopic (exact) mass is 331 g/mol. The molecular weight excluding hydrogens is 326 g/mol. The Morgan fingerprint density at radius 1 is 1.24 bits per heavy atom. The summed E-state index contributed by atoms with van der Waals surface area (Å²) in [4.78, 5) is 23.2. The molecule has 0 saturated heterocycles. The number of aromatic carboxylic acids is 1. The van der Waals surface area contributed by atoms with Gasteiger partial charge in [0.2, 0.25) is 0 Å². The Kier molecular flexibility index (Phi) is 3.60. The molecule has 0 bridgehead atoms. The first-order valence-corrected chi connectivity index (χ1v) is 7.00. The lowest BCUT2D eigenvalue weighted by Gasteiger charge is -2.02. The maximum Gasteiger partial charge on any atom is 0.338 e. The van der Waals surface area contributed by atoms with E-state index in [0.717, 1.165) is 0 Å². The van der Waals surface area contributed by atoms with Crippen LogP contribution < -0.4 is 5.32 Å². The summed E-state index contributed by atoms with van der Waals surface area (Å²) >= 11 is 5.73. The fourth-order valence-electron chi connectivity index (χ4n) is 1.19. The third kappa shape index (κ3) is 2.56. The van der Waals surface area contributed by atoms with Crippen molar-refractivity contribution in [2.45, 2.75) is 0 Å². The van der Waals surface area contributed by atoms with E-state index in [2.05, 4.69) is 21.2 Å². The lowest BCUT2D eigenvalue weighted by Crippen LogP contribution is -2.12. The molecule has 0 atom stereocenters. The molecule has 4 nitrogen and oxygen atoms in total. The van der Waals surface area contributed by atoms with Crippen LogP contribution in [0.3, 0.4) is 0 Å². The molecule has 0 spiro atoms. The van der Waals surface area contributed by atoms with Gasteiger partial charge in [0, 0.05) is 4.47 Å². The molecule has 0 fully saturated rings. The molecule has 7 heteroatoms. The zero-order chi connectivity index (χ0) is 12.4. The van der Waals surface area contributed by atoms with Crippen LogP contribution in [0, 0.1) is 0 Å². The maximum atomic E-state index is 11.9. The van der Waals surface area contributed by atoms with Gasteiger partial charge in [0.05, 0.1) is 5.56 Å². The van der Waals surface area contributed by atoms with Crippen LogP contribution in [0.5, 0.6) is 0 Å².